The third-order valence-corrected chi connectivity index (χ3v) is 5.86. The first-order valence-corrected chi connectivity index (χ1v) is 11.8. The molecule has 0 bridgehead atoms. The van der Waals surface area contributed by atoms with Crippen LogP contribution in [0.4, 0.5) is 0 Å². The first kappa shape index (κ1) is 25.7. The molecule has 0 aliphatic rings. The summed E-state index contributed by atoms with van der Waals surface area (Å²) in [5.41, 5.74) is 2.05. The lowest BCUT2D eigenvalue weighted by molar-refractivity contribution is -0.142. The van der Waals surface area contributed by atoms with Crippen LogP contribution in [0, 0.1) is 0 Å². The van der Waals surface area contributed by atoms with Gasteiger partial charge < -0.3 is 19.7 Å². The highest BCUT2D eigenvalue weighted by Crippen LogP contribution is 2.26. The molecule has 0 aromatic heterocycles. The van der Waals surface area contributed by atoms with Crippen LogP contribution < -0.4 is 14.8 Å². The number of amides is 2. The second-order valence-electron chi connectivity index (χ2n) is 7.60. The molecule has 1 atom stereocenters. The summed E-state index contributed by atoms with van der Waals surface area (Å²) >= 11 is 3.50. The largest absolute Gasteiger partial charge is 0.497 e. The maximum absolute atomic E-state index is 13.2. The molecule has 2 aromatic carbocycles. The summed E-state index contributed by atoms with van der Waals surface area (Å²) in [5.74, 6) is 0.851. The monoisotopic (exact) mass is 504 g/mol. The molecule has 0 radical (unpaired) electrons. The average molecular weight is 505 g/mol. The number of rotatable bonds is 12. The summed E-state index contributed by atoms with van der Waals surface area (Å²) in [6.45, 7) is 6.59. The fraction of sp³-hybridized carbons (Fsp3) is 0.440. The van der Waals surface area contributed by atoms with E-state index in [0.717, 1.165) is 29.3 Å². The van der Waals surface area contributed by atoms with E-state index in [0.29, 0.717) is 18.0 Å². The van der Waals surface area contributed by atoms with Crippen molar-refractivity contribution in [1.29, 1.82) is 0 Å². The second kappa shape index (κ2) is 13.1. The van der Waals surface area contributed by atoms with Gasteiger partial charge in [0.05, 0.1) is 11.6 Å². The van der Waals surface area contributed by atoms with E-state index in [9.17, 15) is 9.59 Å². The minimum Gasteiger partial charge on any atom is -0.497 e. The Morgan fingerprint density at radius 1 is 1.12 bits per heavy atom. The van der Waals surface area contributed by atoms with Crippen LogP contribution in [0.3, 0.4) is 0 Å². The summed E-state index contributed by atoms with van der Waals surface area (Å²) in [6.07, 6.45) is 2.80. The van der Waals surface area contributed by atoms with Crippen LogP contribution in [0.5, 0.6) is 11.5 Å². The lowest BCUT2D eigenvalue weighted by atomic mass is 10.1. The normalized spacial score (nSPS) is 11.5. The van der Waals surface area contributed by atoms with E-state index < -0.39 is 6.04 Å². The highest BCUT2D eigenvalue weighted by atomic mass is 79.9. The Hall–Kier alpha value is -2.54. The summed E-state index contributed by atoms with van der Waals surface area (Å²) in [5, 5.41) is 2.92. The van der Waals surface area contributed by atoms with E-state index in [-0.39, 0.29) is 25.0 Å². The first-order valence-electron chi connectivity index (χ1n) is 11.0. The van der Waals surface area contributed by atoms with Gasteiger partial charge in [0, 0.05) is 13.1 Å². The van der Waals surface area contributed by atoms with E-state index in [1.807, 2.05) is 42.5 Å². The molecule has 2 aromatic rings. The summed E-state index contributed by atoms with van der Waals surface area (Å²) in [7, 11) is 1.60. The van der Waals surface area contributed by atoms with Crippen molar-refractivity contribution in [3.63, 3.8) is 0 Å². The molecule has 32 heavy (non-hydrogen) atoms. The molecule has 174 valence electrons. The Bertz CT molecular complexity index is 903. The minimum atomic E-state index is -0.639. The highest BCUT2D eigenvalue weighted by molar-refractivity contribution is 9.10. The van der Waals surface area contributed by atoms with Crippen LogP contribution in [0.2, 0.25) is 0 Å². The topological polar surface area (TPSA) is 67.9 Å². The molecule has 0 saturated carbocycles. The number of hydrogen-bond acceptors (Lipinski definition) is 4. The van der Waals surface area contributed by atoms with Crippen molar-refractivity contribution in [3.05, 3.63) is 58.1 Å². The number of ether oxygens (including phenoxy) is 2. The molecule has 7 heteroatoms. The number of methoxy groups -OCH3 is 1. The minimum absolute atomic E-state index is 0.166. The molecule has 0 spiro atoms. The van der Waals surface area contributed by atoms with Crippen LogP contribution >= 0.6 is 15.9 Å². The van der Waals surface area contributed by atoms with Gasteiger partial charge in [-0.15, -0.1) is 0 Å². The third-order valence-electron chi connectivity index (χ3n) is 5.24. The van der Waals surface area contributed by atoms with Gasteiger partial charge in [0.2, 0.25) is 5.91 Å². The quantitative estimate of drug-likeness (QED) is 0.424. The zero-order chi connectivity index (χ0) is 23.5. The van der Waals surface area contributed by atoms with Crippen LogP contribution in [-0.2, 0) is 22.6 Å². The molecule has 0 aliphatic carbocycles. The molecule has 0 saturated heterocycles. The van der Waals surface area contributed by atoms with Gasteiger partial charge in [0.1, 0.15) is 17.5 Å². The van der Waals surface area contributed by atoms with Gasteiger partial charge in [-0.05, 0) is 71.1 Å². The zero-order valence-corrected chi connectivity index (χ0v) is 20.9. The number of carbonyl (C=O) groups excluding carboxylic acids is 2. The molecule has 2 rings (SSSR count). The molecule has 0 aliphatic heterocycles. The Labute approximate surface area is 199 Å². The standard InChI is InChI=1S/C25H33BrN2O4/c1-5-7-13-27-25(30)18(3)28(16-20-9-8-10-21(14-20)31-4)24(29)17-32-23-12-11-19(6-2)15-22(23)26/h8-12,14-15,18H,5-7,13,16-17H2,1-4H3,(H,27,30). The van der Waals surface area contributed by atoms with E-state index in [1.54, 1.807) is 18.9 Å². The Morgan fingerprint density at radius 2 is 1.91 bits per heavy atom. The number of nitrogens with one attached hydrogen (secondary N) is 1. The Kier molecular flexibility index (Phi) is 10.5. The van der Waals surface area contributed by atoms with Gasteiger partial charge in [0.25, 0.3) is 5.91 Å². The number of halogens is 1. The van der Waals surface area contributed by atoms with Crippen LogP contribution in [0.25, 0.3) is 0 Å². The van der Waals surface area contributed by atoms with Crippen molar-refractivity contribution in [2.75, 3.05) is 20.3 Å². The van der Waals surface area contributed by atoms with Crippen molar-refractivity contribution in [1.82, 2.24) is 10.2 Å². The SMILES string of the molecule is CCCCNC(=O)C(C)N(Cc1cccc(OC)c1)C(=O)COc1ccc(CC)cc1Br. The number of unbranched alkanes of at least 4 members (excludes halogenated alkanes) is 1. The smallest absolute Gasteiger partial charge is 0.261 e. The lowest BCUT2D eigenvalue weighted by Gasteiger charge is -2.29. The van der Waals surface area contributed by atoms with Gasteiger partial charge in [-0.3, -0.25) is 9.59 Å². The number of hydrogen-bond donors (Lipinski definition) is 1. The van der Waals surface area contributed by atoms with E-state index in [4.69, 9.17) is 9.47 Å². The van der Waals surface area contributed by atoms with Crippen molar-refractivity contribution >= 4 is 27.7 Å². The maximum Gasteiger partial charge on any atom is 0.261 e. The van der Waals surface area contributed by atoms with Crippen molar-refractivity contribution in [3.8, 4) is 11.5 Å². The Balaban J connectivity index is 2.16. The number of benzene rings is 2. The van der Waals surface area contributed by atoms with Gasteiger partial charge in [0.15, 0.2) is 6.61 Å². The third kappa shape index (κ3) is 7.55. The summed E-state index contributed by atoms with van der Waals surface area (Å²) < 4.78 is 11.9. The summed E-state index contributed by atoms with van der Waals surface area (Å²) in [4.78, 5) is 27.4. The highest BCUT2D eigenvalue weighted by Gasteiger charge is 2.26. The van der Waals surface area contributed by atoms with Gasteiger partial charge >= 0.3 is 0 Å². The van der Waals surface area contributed by atoms with Crippen LogP contribution in [0.1, 0.15) is 44.7 Å². The van der Waals surface area contributed by atoms with Crippen molar-refractivity contribution in [2.24, 2.45) is 0 Å². The summed E-state index contributed by atoms with van der Waals surface area (Å²) in [6, 6.07) is 12.7. The first-order chi connectivity index (χ1) is 15.4. The number of carbonyl (C=O) groups is 2. The molecular weight excluding hydrogens is 472 g/mol. The van der Waals surface area contributed by atoms with E-state index >= 15 is 0 Å². The number of nitrogens with zero attached hydrogens (tertiary/aromatic N) is 1. The number of aryl methyl sites for hydroxylation is 1. The molecule has 1 unspecified atom stereocenters. The molecule has 0 fully saturated rings. The van der Waals surface area contributed by atoms with E-state index in [1.165, 1.54) is 5.56 Å². The second-order valence-corrected chi connectivity index (χ2v) is 8.46. The van der Waals surface area contributed by atoms with Crippen molar-refractivity contribution < 1.29 is 19.1 Å². The van der Waals surface area contributed by atoms with Gasteiger partial charge in [-0.2, -0.15) is 0 Å². The molecule has 6 nitrogen and oxygen atoms in total. The predicted molar refractivity (Wildman–Crippen MR) is 130 cm³/mol. The molecular formula is C25H33BrN2O4. The Morgan fingerprint density at radius 3 is 2.56 bits per heavy atom. The fourth-order valence-corrected chi connectivity index (χ4v) is 3.73. The fourth-order valence-electron chi connectivity index (χ4n) is 3.19. The van der Waals surface area contributed by atoms with Crippen LogP contribution in [-0.4, -0.2) is 43.0 Å². The maximum atomic E-state index is 13.2. The predicted octanol–water partition coefficient (Wildman–Crippen LogP) is 4.73. The molecule has 1 N–H and O–H groups in total. The zero-order valence-electron chi connectivity index (χ0n) is 19.3. The lowest BCUT2D eigenvalue weighted by Crippen LogP contribution is -2.49. The average Bonchev–Trinajstić information content (AvgIpc) is 2.81. The molecule has 2 amide bonds. The van der Waals surface area contributed by atoms with Gasteiger partial charge in [-0.1, -0.05) is 38.5 Å². The van der Waals surface area contributed by atoms with Crippen LogP contribution in [0.15, 0.2) is 46.9 Å². The van der Waals surface area contributed by atoms with E-state index in [2.05, 4.69) is 35.1 Å². The molecule has 0 heterocycles. The van der Waals surface area contributed by atoms with Gasteiger partial charge in [-0.25, -0.2) is 0 Å². The van der Waals surface area contributed by atoms with Crippen molar-refractivity contribution in [2.45, 2.75) is 52.6 Å².